The van der Waals surface area contributed by atoms with Crippen molar-refractivity contribution in [1.29, 1.82) is 0 Å². The molecule has 1 saturated heterocycles. The first-order valence-electron chi connectivity index (χ1n) is 7.08. The zero-order chi connectivity index (χ0) is 16.4. The van der Waals surface area contributed by atoms with Crippen LogP contribution in [0, 0.1) is 0 Å². The molecule has 1 fully saturated rings. The minimum atomic E-state index is -4.36. The highest BCUT2D eigenvalue weighted by atomic mass is 32.1. The molecule has 0 aliphatic carbocycles. The Morgan fingerprint density at radius 1 is 1.30 bits per heavy atom. The SMILES string of the molecule is O=C(N[C@@H]1CCNC1)c1csc(-c2ccc(C(F)(F)F)cc2)n1. The number of nitrogens with zero attached hydrogens (tertiary/aromatic N) is 1. The number of amides is 1. The summed E-state index contributed by atoms with van der Waals surface area (Å²) in [4.78, 5) is 16.3. The second-order valence-electron chi connectivity index (χ2n) is 5.28. The molecule has 1 amide bonds. The highest BCUT2D eigenvalue weighted by Crippen LogP contribution is 2.31. The molecule has 1 atom stereocenters. The lowest BCUT2D eigenvalue weighted by Crippen LogP contribution is -2.36. The number of hydrogen-bond donors (Lipinski definition) is 2. The normalized spacial score (nSPS) is 18.1. The summed E-state index contributed by atoms with van der Waals surface area (Å²) in [5.74, 6) is -0.256. The molecule has 1 aromatic heterocycles. The third kappa shape index (κ3) is 3.70. The van der Waals surface area contributed by atoms with E-state index in [1.165, 1.54) is 23.5 Å². The van der Waals surface area contributed by atoms with E-state index >= 15 is 0 Å². The third-order valence-electron chi connectivity index (χ3n) is 3.59. The molecule has 122 valence electrons. The third-order valence-corrected chi connectivity index (χ3v) is 4.48. The van der Waals surface area contributed by atoms with E-state index in [2.05, 4.69) is 15.6 Å². The molecule has 3 rings (SSSR count). The van der Waals surface area contributed by atoms with Gasteiger partial charge in [0, 0.05) is 23.5 Å². The van der Waals surface area contributed by atoms with Gasteiger partial charge >= 0.3 is 6.18 Å². The molecule has 0 unspecified atom stereocenters. The van der Waals surface area contributed by atoms with E-state index in [0.29, 0.717) is 10.6 Å². The molecule has 1 aliphatic heterocycles. The van der Waals surface area contributed by atoms with Crippen LogP contribution >= 0.6 is 11.3 Å². The lowest BCUT2D eigenvalue weighted by atomic mass is 10.1. The molecule has 23 heavy (non-hydrogen) atoms. The summed E-state index contributed by atoms with van der Waals surface area (Å²) in [7, 11) is 0. The minimum absolute atomic E-state index is 0.0960. The second-order valence-corrected chi connectivity index (χ2v) is 6.13. The topological polar surface area (TPSA) is 54.0 Å². The van der Waals surface area contributed by atoms with Crippen LogP contribution in [0.4, 0.5) is 13.2 Å². The van der Waals surface area contributed by atoms with Gasteiger partial charge in [0.2, 0.25) is 0 Å². The van der Waals surface area contributed by atoms with E-state index in [1.807, 2.05) is 0 Å². The molecule has 4 nitrogen and oxygen atoms in total. The van der Waals surface area contributed by atoms with Crippen LogP contribution in [-0.2, 0) is 6.18 Å². The van der Waals surface area contributed by atoms with E-state index in [4.69, 9.17) is 0 Å². The molecule has 0 bridgehead atoms. The first-order chi connectivity index (χ1) is 10.9. The van der Waals surface area contributed by atoms with E-state index in [-0.39, 0.29) is 17.6 Å². The van der Waals surface area contributed by atoms with Crippen LogP contribution < -0.4 is 10.6 Å². The first-order valence-corrected chi connectivity index (χ1v) is 7.96. The van der Waals surface area contributed by atoms with Crippen LogP contribution in [0.1, 0.15) is 22.5 Å². The molecule has 1 aliphatic rings. The zero-order valence-electron chi connectivity index (χ0n) is 12.0. The van der Waals surface area contributed by atoms with Crippen molar-refractivity contribution < 1.29 is 18.0 Å². The van der Waals surface area contributed by atoms with Gasteiger partial charge in [-0.05, 0) is 25.1 Å². The maximum Gasteiger partial charge on any atom is 0.416 e. The number of halogens is 3. The van der Waals surface area contributed by atoms with Gasteiger partial charge in [0.25, 0.3) is 5.91 Å². The van der Waals surface area contributed by atoms with Gasteiger partial charge < -0.3 is 10.6 Å². The molecule has 8 heteroatoms. The summed E-state index contributed by atoms with van der Waals surface area (Å²) >= 11 is 1.23. The van der Waals surface area contributed by atoms with Gasteiger partial charge in [-0.2, -0.15) is 13.2 Å². The van der Waals surface area contributed by atoms with Crippen LogP contribution in [0.25, 0.3) is 10.6 Å². The summed E-state index contributed by atoms with van der Waals surface area (Å²) < 4.78 is 37.7. The predicted octanol–water partition coefficient (Wildman–Crippen LogP) is 2.92. The van der Waals surface area contributed by atoms with Gasteiger partial charge in [-0.15, -0.1) is 11.3 Å². The molecule has 2 aromatic rings. The summed E-state index contributed by atoms with van der Waals surface area (Å²) in [6, 6.07) is 4.86. The Hall–Kier alpha value is -1.93. The number of thiazole rings is 1. The molecule has 1 aromatic carbocycles. The highest BCUT2D eigenvalue weighted by molar-refractivity contribution is 7.13. The number of alkyl halides is 3. The Morgan fingerprint density at radius 2 is 2.04 bits per heavy atom. The van der Waals surface area contributed by atoms with Crippen molar-refractivity contribution in [3.63, 3.8) is 0 Å². The number of nitrogens with one attached hydrogen (secondary N) is 2. The summed E-state index contributed by atoms with van der Waals surface area (Å²) in [5, 5.41) is 8.17. The van der Waals surface area contributed by atoms with Gasteiger partial charge in [-0.25, -0.2) is 4.98 Å². The number of carbonyl (C=O) groups excluding carboxylic acids is 1. The van der Waals surface area contributed by atoms with Gasteiger partial charge in [0.1, 0.15) is 10.7 Å². The average molecular weight is 341 g/mol. The fourth-order valence-electron chi connectivity index (χ4n) is 2.35. The van der Waals surface area contributed by atoms with Crippen molar-refractivity contribution in [2.45, 2.75) is 18.6 Å². The summed E-state index contributed by atoms with van der Waals surface area (Å²) in [5.41, 5.74) is 0.144. The largest absolute Gasteiger partial charge is 0.416 e. The predicted molar refractivity (Wildman–Crippen MR) is 81.3 cm³/mol. The molecular weight excluding hydrogens is 327 g/mol. The lowest BCUT2D eigenvalue weighted by Gasteiger charge is -2.09. The van der Waals surface area contributed by atoms with E-state index in [1.54, 1.807) is 5.38 Å². The highest BCUT2D eigenvalue weighted by Gasteiger charge is 2.30. The minimum Gasteiger partial charge on any atom is -0.347 e. The summed E-state index contributed by atoms with van der Waals surface area (Å²) in [6.45, 7) is 1.61. The van der Waals surface area contributed by atoms with Crippen molar-refractivity contribution >= 4 is 17.2 Å². The van der Waals surface area contributed by atoms with Crippen molar-refractivity contribution in [2.24, 2.45) is 0 Å². The Kier molecular flexibility index (Phi) is 4.36. The van der Waals surface area contributed by atoms with Crippen molar-refractivity contribution in [3.8, 4) is 10.6 Å². The molecule has 0 saturated carbocycles. The number of aromatic nitrogens is 1. The average Bonchev–Trinajstić information content (AvgIpc) is 3.17. The fraction of sp³-hybridized carbons (Fsp3) is 0.333. The zero-order valence-corrected chi connectivity index (χ0v) is 12.8. The van der Waals surface area contributed by atoms with Crippen molar-refractivity contribution in [2.75, 3.05) is 13.1 Å². The van der Waals surface area contributed by atoms with Crippen molar-refractivity contribution in [1.82, 2.24) is 15.6 Å². The van der Waals surface area contributed by atoms with Crippen LogP contribution in [0.3, 0.4) is 0 Å². The standard InChI is InChI=1S/C15H14F3N3OS/c16-15(17,18)10-3-1-9(2-4-10)14-21-12(8-23-14)13(22)20-11-5-6-19-7-11/h1-4,8,11,19H,5-7H2,(H,20,22)/t11-/m1/s1. The van der Waals surface area contributed by atoms with Crippen LogP contribution in [-0.4, -0.2) is 30.0 Å². The van der Waals surface area contributed by atoms with Gasteiger partial charge in [0.15, 0.2) is 0 Å². The Labute approximate surface area is 134 Å². The Morgan fingerprint density at radius 3 is 2.65 bits per heavy atom. The van der Waals surface area contributed by atoms with Crippen molar-refractivity contribution in [3.05, 3.63) is 40.9 Å². The second kappa shape index (κ2) is 6.29. The number of carbonyl (C=O) groups is 1. The molecule has 2 heterocycles. The number of benzene rings is 1. The van der Waals surface area contributed by atoms with Crippen LogP contribution in [0.15, 0.2) is 29.6 Å². The van der Waals surface area contributed by atoms with E-state index in [0.717, 1.165) is 31.6 Å². The van der Waals surface area contributed by atoms with Crippen LogP contribution in [0.5, 0.6) is 0 Å². The maximum atomic E-state index is 12.6. The quantitative estimate of drug-likeness (QED) is 0.903. The number of hydrogen-bond acceptors (Lipinski definition) is 4. The first kappa shape index (κ1) is 15.9. The maximum absolute atomic E-state index is 12.6. The fourth-order valence-corrected chi connectivity index (χ4v) is 3.16. The lowest BCUT2D eigenvalue weighted by molar-refractivity contribution is -0.137. The monoisotopic (exact) mass is 341 g/mol. The summed E-state index contributed by atoms with van der Waals surface area (Å²) in [6.07, 6.45) is -3.48. The van der Waals surface area contributed by atoms with Gasteiger partial charge in [0.05, 0.1) is 5.56 Å². The molecule has 2 N–H and O–H groups in total. The van der Waals surface area contributed by atoms with Gasteiger partial charge in [-0.3, -0.25) is 4.79 Å². The molecular formula is C15H14F3N3OS. The van der Waals surface area contributed by atoms with E-state index < -0.39 is 11.7 Å². The van der Waals surface area contributed by atoms with Gasteiger partial charge in [-0.1, -0.05) is 12.1 Å². The Balaban J connectivity index is 1.72. The smallest absolute Gasteiger partial charge is 0.347 e. The molecule has 0 radical (unpaired) electrons. The van der Waals surface area contributed by atoms with E-state index in [9.17, 15) is 18.0 Å². The molecule has 0 spiro atoms. The Bertz CT molecular complexity index is 691. The van der Waals surface area contributed by atoms with Crippen LogP contribution in [0.2, 0.25) is 0 Å². The number of rotatable bonds is 3.